The van der Waals surface area contributed by atoms with E-state index in [1.807, 2.05) is 6.07 Å². The van der Waals surface area contributed by atoms with Crippen LogP contribution in [0.2, 0.25) is 0 Å². The Kier molecular flexibility index (Phi) is 4.41. The summed E-state index contributed by atoms with van der Waals surface area (Å²) in [6.45, 7) is 2.07. The quantitative estimate of drug-likeness (QED) is 0.891. The number of nitrogens with two attached hydrogens (primary N) is 1. The summed E-state index contributed by atoms with van der Waals surface area (Å²) in [5.74, 6) is 0.245. The van der Waals surface area contributed by atoms with Gasteiger partial charge < -0.3 is 10.8 Å². The van der Waals surface area contributed by atoms with Gasteiger partial charge in [-0.15, -0.1) is 0 Å². The third kappa shape index (κ3) is 2.72. The summed E-state index contributed by atoms with van der Waals surface area (Å²) in [5.41, 5.74) is 6.73. The monoisotopic (exact) mass is 321 g/mol. The van der Waals surface area contributed by atoms with Gasteiger partial charge >= 0.3 is 0 Å². The Bertz CT molecular complexity index is 328. The van der Waals surface area contributed by atoms with Crippen LogP contribution in [-0.4, -0.2) is 5.11 Å². The molecule has 0 bridgehead atoms. The first-order chi connectivity index (χ1) is 6.56. The molecule has 3 N–H and O–H groups in total. The van der Waals surface area contributed by atoms with Crippen LogP contribution in [0.4, 0.5) is 0 Å². The van der Waals surface area contributed by atoms with Crippen molar-refractivity contribution in [2.24, 2.45) is 5.73 Å². The molecule has 0 aliphatic heterocycles. The average molecular weight is 323 g/mol. The van der Waals surface area contributed by atoms with E-state index in [1.165, 1.54) is 0 Å². The maximum Gasteiger partial charge on any atom is 0.134 e. The molecule has 0 aliphatic rings. The molecule has 0 amide bonds. The van der Waals surface area contributed by atoms with Crippen LogP contribution in [0.1, 0.15) is 31.4 Å². The van der Waals surface area contributed by atoms with Gasteiger partial charge in [-0.2, -0.15) is 0 Å². The Balaban J connectivity index is 3.07. The molecule has 0 saturated carbocycles. The SMILES string of the molecule is CCC[C@@H](N)c1cc(Br)cc(Br)c1O. The normalized spacial score (nSPS) is 12.9. The van der Waals surface area contributed by atoms with Crippen LogP contribution in [0.25, 0.3) is 0 Å². The highest BCUT2D eigenvalue weighted by Gasteiger charge is 2.13. The fourth-order valence-corrected chi connectivity index (χ4v) is 2.59. The molecule has 1 aromatic carbocycles. The lowest BCUT2D eigenvalue weighted by Crippen LogP contribution is -2.10. The smallest absolute Gasteiger partial charge is 0.134 e. The minimum Gasteiger partial charge on any atom is -0.506 e. The standard InChI is InChI=1S/C10H13Br2NO/c1-2-3-9(13)7-4-6(11)5-8(12)10(7)14/h4-5,9,14H,2-3,13H2,1H3/t9-/m1/s1. The summed E-state index contributed by atoms with van der Waals surface area (Å²) in [5, 5.41) is 9.77. The van der Waals surface area contributed by atoms with Crippen molar-refractivity contribution in [3.05, 3.63) is 26.6 Å². The summed E-state index contributed by atoms with van der Waals surface area (Å²) in [6, 6.07) is 3.56. The van der Waals surface area contributed by atoms with Crippen molar-refractivity contribution in [1.29, 1.82) is 0 Å². The molecule has 0 fully saturated rings. The largest absolute Gasteiger partial charge is 0.506 e. The maximum atomic E-state index is 9.77. The lowest BCUT2D eigenvalue weighted by atomic mass is 10.0. The summed E-state index contributed by atoms with van der Waals surface area (Å²) in [6.07, 6.45) is 1.88. The van der Waals surface area contributed by atoms with Crippen molar-refractivity contribution in [2.75, 3.05) is 0 Å². The van der Waals surface area contributed by atoms with Gasteiger partial charge in [0, 0.05) is 16.1 Å². The molecule has 4 heteroatoms. The number of hydrogen-bond acceptors (Lipinski definition) is 2. The van der Waals surface area contributed by atoms with Gasteiger partial charge in [0.2, 0.25) is 0 Å². The van der Waals surface area contributed by atoms with E-state index in [4.69, 9.17) is 5.73 Å². The number of halogens is 2. The lowest BCUT2D eigenvalue weighted by Gasteiger charge is -2.14. The van der Waals surface area contributed by atoms with Gasteiger partial charge in [-0.3, -0.25) is 0 Å². The first kappa shape index (κ1) is 12.0. The first-order valence-corrected chi connectivity index (χ1v) is 6.08. The van der Waals surface area contributed by atoms with E-state index in [2.05, 4.69) is 38.8 Å². The maximum absolute atomic E-state index is 9.77. The number of benzene rings is 1. The fourth-order valence-electron chi connectivity index (χ4n) is 1.34. The second kappa shape index (κ2) is 5.14. The second-order valence-electron chi connectivity index (χ2n) is 3.22. The number of hydrogen-bond donors (Lipinski definition) is 2. The molecule has 78 valence electrons. The molecule has 0 unspecified atom stereocenters. The van der Waals surface area contributed by atoms with Gasteiger partial charge in [0.15, 0.2) is 0 Å². The van der Waals surface area contributed by atoms with Crippen molar-refractivity contribution >= 4 is 31.9 Å². The van der Waals surface area contributed by atoms with Gasteiger partial charge in [-0.25, -0.2) is 0 Å². The third-order valence-corrected chi connectivity index (χ3v) is 3.12. The summed E-state index contributed by atoms with van der Waals surface area (Å²) in [4.78, 5) is 0. The topological polar surface area (TPSA) is 46.2 Å². The Morgan fingerprint density at radius 2 is 2.07 bits per heavy atom. The molecule has 0 aromatic heterocycles. The first-order valence-electron chi connectivity index (χ1n) is 4.49. The average Bonchev–Trinajstić information content (AvgIpc) is 2.11. The summed E-state index contributed by atoms with van der Waals surface area (Å²) >= 11 is 6.65. The van der Waals surface area contributed by atoms with Crippen LogP contribution >= 0.6 is 31.9 Å². The number of aromatic hydroxyl groups is 1. The minimum absolute atomic E-state index is 0.103. The van der Waals surface area contributed by atoms with Gasteiger partial charge in [0.05, 0.1) is 4.47 Å². The predicted molar refractivity (Wildman–Crippen MR) is 65.3 cm³/mol. The molecule has 1 atom stereocenters. The van der Waals surface area contributed by atoms with Crippen LogP contribution in [0.3, 0.4) is 0 Å². The van der Waals surface area contributed by atoms with E-state index in [-0.39, 0.29) is 11.8 Å². The fraction of sp³-hybridized carbons (Fsp3) is 0.400. The summed E-state index contributed by atoms with van der Waals surface area (Å²) in [7, 11) is 0. The van der Waals surface area contributed by atoms with E-state index >= 15 is 0 Å². The molecular formula is C10H13Br2NO. The second-order valence-corrected chi connectivity index (χ2v) is 4.99. The zero-order valence-corrected chi connectivity index (χ0v) is 11.1. The van der Waals surface area contributed by atoms with E-state index in [9.17, 15) is 5.11 Å². The number of phenolic OH excluding ortho intramolecular Hbond substituents is 1. The molecule has 0 heterocycles. The Morgan fingerprint density at radius 3 is 2.64 bits per heavy atom. The molecule has 0 saturated heterocycles. The van der Waals surface area contributed by atoms with Crippen molar-refractivity contribution < 1.29 is 5.11 Å². The van der Waals surface area contributed by atoms with E-state index in [1.54, 1.807) is 6.07 Å². The zero-order chi connectivity index (χ0) is 10.7. The van der Waals surface area contributed by atoms with Crippen LogP contribution < -0.4 is 5.73 Å². The van der Waals surface area contributed by atoms with E-state index < -0.39 is 0 Å². The van der Waals surface area contributed by atoms with Crippen molar-refractivity contribution in [3.63, 3.8) is 0 Å². The summed E-state index contributed by atoms with van der Waals surface area (Å²) < 4.78 is 1.59. The Hall–Kier alpha value is -0.0600. The predicted octanol–water partition coefficient (Wildman–Crippen LogP) is 3.72. The molecule has 0 aliphatic carbocycles. The van der Waals surface area contributed by atoms with Crippen LogP contribution in [-0.2, 0) is 0 Å². The molecule has 1 aromatic rings. The van der Waals surface area contributed by atoms with Crippen LogP contribution in [0.15, 0.2) is 21.1 Å². The highest BCUT2D eigenvalue weighted by Crippen LogP contribution is 2.35. The van der Waals surface area contributed by atoms with Crippen LogP contribution in [0.5, 0.6) is 5.75 Å². The lowest BCUT2D eigenvalue weighted by molar-refractivity contribution is 0.454. The third-order valence-electron chi connectivity index (χ3n) is 2.06. The number of rotatable bonds is 3. The minimum atomic E-state index is -0.103. The number of phenols is 1. The molecule has 1 rings (SSSR count). The molecule has 0 spiro atoms. The molecular weight excluding hydrogens is 310 g/mol. The van der Waals surface area contributed by atoms with Crippen molar-refractivity contribution in [2.45, 2.75) is 25.8 Å². The van der Waals surface area contributed by atoms with Gasteiger partial charge in [-0.1, -0.05) is 29.3 Å². The van der Waals surface area contributed by atoms with Crippen molar-refractivity contribution in [3.8, 4) is 5.75 Å². The molecule has 0 radical (unpaired) electrons. The van der Waals surface area contributed by atoms with Gasteiger partial charge in [0.1, 0.15) is 5.75 Å². The molecule has 14 heavy (non-hydrogen) atoms. The van der Waals surface area contributed by atoms with Crippen LogP contribution in [0, 0.1) is 0 Å². The molecule has 2 nitrogen and oxygen atoms in total. The van der Waals surface area contributed by atoms with Gasteiger partial charge in [0.25, 0.3) is 0 Å². The highest BCUT2D eigenvalue weighted by atomic mass is 79.9. The van der Waals surface area contributed by atoms with Crippen molar-refractivity contribution in [1.82, 2.24) is 0 Å². The van der Waals surface area contributed by atoms with Gasteiger partial charge in [-0.05, 0) is 34.5 Å². The van der Waals surface area contributed by atoms with E-state index in [0.29, 0.717) is 4.47 Å². The zero-order valence-electron chi connectivity index (χ0n) is 7.93. The Morgan fingerprint density at radius 1 is 1.43 bits per heavy atom. The highest BCUT2D eigenvalue weighted by molar-refractivity contribution is 9.11. The van der Waals surface area contributed by atoms with E-state index in [0.717, 1.165) is 22.9 Å². The Labute approximate surface area is 101 Å².